The number of rotatable bonds is 4. The predicted octanol–water partition coefficient (Wildman–Crippen LogP) is 4.82. The summed E-state index contributed by atoms with van der Waals surface area (Å²) in [7, 11) is 0. The van der Waals surface area contributed by atoms with E-state index in [0.29, 0.717) is 17.1 Å². The van der Waals surface area contributed by atoms with Gasteiger partial charge < -0.3 is 5.32 Å². The largest absolute Gasteiger partial charge is 0.306 e. The smallest absolute Gasteiger partial charge is 0.0992 e. The zero-order valence-electron chi connectivity index (χ0n) is 11.0. The third-order valence-corrected chi connectivity index (χ3v) is 4.03. The van der Waals surface area contributed by atoms with Crippen LogP contribution in [0.25, 0.3) is 0 Å². The molecule has 0 fully saturated rings. The third-order valence-electron chi connectivity index (χ3n) is 3.15. The van der Waals surface area contributed by atoms with Gasteiger partial charge >= 0.3 is 0 Å². The molecule has 0 radical (unpaired) electrons. The highest BCUT2D eigenvalue weighted by Crippen LogP contribution is 2.20. The molecular formula is C16H14BrClN2. The van der Waals surface area contributed by atoms with Gasteiger partial charge in [-0.05, 0) is 42.3 Å². The first-order valence-corrected chi connectivity index (χ1v) is 7.44. The zero-order chi connectivity index (χ0) is 14.5. The van der Waals surface area contributed by atoms with Crippen molar-refractivity contribution < 1.29 is 0 Å². The van der Waals surface area contributed by atoms with E-state index in [-0.39, 0.29) is 6.04 Å². The van der Waals surface area contributed by atoms with Crippen molar-refractivity contribution in [1.82, 2.24) is 5.32 Å². The highest BCUT2D eigenvalue weighted by atomic mass is 79.9. The lowest BCUT2D eigenvalue weighted by Crippen LogP contribution is -2.18. The van der Waals surface area contributed by atoms with Gasteiger partial charge in [-0.1, -0.05) is 45.7 Å². The van der Waals surface area contributed by atoms with E-state index in [1.807, 2.05) is 18.2 Å². The third kappa shape index (κ3) is 3.83. The Morgan fingerprint density at radius 2 is 1.95 bits per heavy atom. The fraction of sp³-hybridized carbons (Fsp3) is 0.188. The van der Waals surface area contributed by atoms with Gasteiger partial charge in [0.1, 0.15) is 0 Å². The predicted molar refractivity (Wildman–Crippen MR) is 85.6 cm³/mol. The molecule has 0 aliphatic carbocycles. The Morgan fingerprint density at radius 3 is 2.55 bits per heavy atom. The Hall–Kier alpha value is -1.34. The number of hydrogen-bond donors (Lipinski definition) is 1. The number of benzene rings is 2. The van der Waals surface area contributed by atoms with Crippen molar-refractivity contribution >= 4 is 27.5 Å². The lowest BCUT2D eigenvalue weighted by Gasteiger charge is -2.15. The second-order valence-electron chi connectivity index (χ2n) is 4.57. The standard InChI is InChI=1S/C16H14BrClN2/c1-11(13-4-6-15(17)7-5-13)20-10-14-3-2-12(9-19)8-16(14)18/h2-8,11,20H,10H2,1H3/t11-/m1/s1. The van der Waals surface area contributed by atoms with E-state index in [0.717, 1.165) is 10.0 Å². The molecule has 2 nitrogen and oxygen atoms in total. The molecule has 1 N–H and O–H groups in total. The van der Waals surface area contributed by atoms with Crippen molar-refractivity contribution in [3.63, 3.8) is 0 Å². The maximum atomic E-state index is 8.81. The summed E-state index contributed by atoms with van der Waals surface area (Å²) in [4.78, 5) is 0. The normalized spacial score (nSPS) is 11.9. The topological polar surface area (TPSA) is 35.8 Å². The van der Waals surface area contributed by atoms with Crippen LogP contribution in [0.3, 0.4) is 0 Å². The minimum atomic E-state index is 0.231. The maximum absolute atomic E-state index is 8.81. The second-order valence-corrected chi connectivity index (χ2v) is 5.90. The van der Waals surface area contributed by atoms with Gasteiger partial charge in [-0.15, -0.1) is 0 Å². The molecule has 0 saturated carbocycles. The van der Waals surface area contributed by atoms with E-state index >= 15 is 0 Å². The van der Waals surface area contributed by atoms with E-state index in [4.69, 9.17) is 16.9 Å². The minimum Gasteiger partial charge on any atom is -0.306 e. The van der Waals surface area contributed by atoms with Crippen LogP contribution in [0.2, 0.25) is 5.02 Å². The monoisotopic (exact) mass is 348 g/mol. The Bertz CT molecular complexity index is 632. The Labute approximate surface area is 132 Å². The fourth-order valence-electron chi connectivity index (χ4n) is 1.89. The van der Waals surface area contributed by atoms with Crippen LogP contribution in [0, 0.1) is 11.3 Å². The van der Waals surface area contributed by atoms with E-state index in [2.05, 4.69) is 46.4 Å². The van der Waals surface area contributed by atoms with Crippen molar-refractivity contribution in [2.45, 2.75) is 19.5 Å². The summed E-state index contributed by atoms with van der Waals surface area (Å²) in [6, 6.07) is 15.9. The number of hydrogen-bond acceptors (Lipinski definition) is 2. The van der Waals surface area contributed by atoms with Crippen LogP contribution in [0.1, 0.15) is 29.7 Å². The molecule has 0 aromatic heterocycles. The van der Waals surface area contributed by atoms with Crippen molar-refractivity contribution in [2.75, 3.05) is 0 Å². The van der Waals surface area contributed by atoms with Gasteiger partial charge in [0.15, 0.2) is 0 Å². The van der Waals surface area contributed by atoms with E-state index in [9.17, 15) is 0 Å². The molecule has 2 rings (SSSR count). The molecule has 1 atom stereocenters. The molecule has 102 valence electrons. The quantitative estimate of drug-likeness (QED) is 0.858. The van der Waals surface area contributed by atoms with Gasteiger partial charge in [0.25, 0.3) is 0 Å². The van der Waals surface area contributed by atoms with Gasteiger partial charge in [-0.3, -0.25) is 0 Å². The Kier molecular flexibility index (Phi) is 5.19. The molecule has 4 heteroatoms. The van der Waals surface area contributed by atoms with Crippen LogP contribution in [0.15, 0.2) is 46.9 Å². The van der Waals surface area contributed by atoms with Crippen molar-refractivity contribution in [2.24, 2.45) is 0 Å². The van der Waals surface area contributed by atoms with Crippen molar-refractivity contribution in [1.29, 1.82) is 5.26 Å². The first kappa shape index (κ1) is 15.1. The minimum absolute atomic E-state index is 0.231. The Morgan fingerprint density at radius 1 is 1.25 bits per heavy atom. The molecule has 0 saturated heterocycles. The van der Waals surface area contributed by atoms with Crippen LogP contribution in [-0.2, 0) is 6.54 Å². The van der Waals surface area contributed by atoms with Gasteiger partial charge in [-0.2, -0.15) is 5.26 Å². The molecular weight excluding hydrogens is 336 g/mol. The molecule has 0 heterocycles. The van der Waals surface area contributed by atoms with Crippen LogP contribution in [0.5, 0.6) is 0 Å². The molecule has 20 heavy (non-hydrogen) atoms. The molecule has 0 amide bonds. The van der Waals surface area contributed by atoms with E-state index < -0.39 is 0 Å². The first-order chi connectivity index (χ1) is 9.60. The summed E-state index contributed by atoms with van der Waals surface area (Å²) in [6.45, 7) is 2.78. The molecule has 2 aromatic rings. The molecule has 2 aromatic carbocycles. The molecule has 0 unspecified atom stereocenters. The zero-order valence-corrected chi connectivity index (χ0v) is 13.4. The van der Waals surface area contributed by atoms with Crippen LogP contribution < -0.4 is 5.32 Å². The van der Waals surface area contributed by atoms with E-state index in [1.165, 1.54) is 5.56 Å². The summed E-state index contributed by atoms with van der Waals surface area (Å²) in [5, 5.41) is 12.9. The molecule has 0 aliphatic rings. The summed E-state index contributed by atoms with van der Waals surface area (Å²) in [5.74, 6) is 0. The van der Waals surface area contributed by atoms with E-state index in [1.54, 1.807) is 12.1 Å². The number of halogens is 2. The molecule has 0 spiro atoms. The summed E-state index contributed by atoms with van der Waals surface area (Å²) >= 11 is 9.59. The van der Waals surface area contributed by atoms with Crippen LogP contribution >= 0.6 is 27.5 Å². The van der Waals surface area contributed by atoms with Crippen molar-refractivity contribution in [3.8, 4) is 6.07 Å². The van der Waals surface area contributed by atoms with Gasteiger partial charge in [-0.25, -0.2) is 0 Å². The summed E-state index contributed by atoms with van der Waals surface area (Å²) in [6.07, 6.45) is 0. The number of nitrogens with one attached hydrogen (secondary N) is 1. The van der Waals surface area contributed by atoms with Gasteiger partial charge in [0, 0.05) is 22.1 Å². The lowest BCUT2D eigenvalue weighted by atomic mass is 10.1. The second kappa shape index (κ2) is 6.90. The highest BCUT2D eigenvalue weighted by Gasteiger charge is 2.07. The average Bonchev–Trinajstić information content (AvgIpc) is 2.46. The first-order valence-electron chi connectivity index (χ1n) is 6.27. The summed E-state index contributed by atoms with van der Waals surface area (Å²) in [5.41, 5.74) is 2.80. The lowest BCUT2D eigenvalue weighted by molar-refractivity contribution is 0.575. The van der Waals surface area contributed by atoms with Gasteiger partial charge in [0.2, 0.25) is 0 Å². The van der Waals surface area contributed by atoms with Gasteiger partial charge in [0.05, 0.1) is 11.6 Å². The van der Waals surface area contributed by atoms with Crippen molar-refractivity contribution in [3.05, 3.63) is 68.7 Å². The fourth-order valence-corrected chi connectivity index (χ4v) is 2.40. The highest BCUT2D eigenvalue weighted by molar-refractivity contribution is 9.10. The molecule has 0 bridgehead atoms. The van der Waals surface area contributed by atoms with Crippen LogP contribution in [0.4, 0.5) is 0 Å². The maximum Gasteiger partial charge on any atom is 0.0992 e. The Balaban J connectivity index is 2.01. The average molecular weight is 350 g/mol. The molecule has 0 aliphatic heterocycles. The SMILES string of the molecule is C[C@@H](NCc1ccc(C#N)cc1Cl)c1ccc(Br)cc1. The van der Waals surface area contributed by atoms with Crippen LogP contribution in [-0.4, -0.2) is 0 Å². The summed E-state index contributed by atoms with van der Waals surface area (Å²) < 4.78 is 1.07. The number of nitriles is 1. The number of nitrogens with zero attached hydrogens (tertiary/aromatic N) is 1.